The van der Waals surface area contributed by atoms with Crippen molar-refractivity contribution in [1.82, 2.24) is 4.90 Å². The maximum absolute atomic E-state index is 13.0. The molecule has 0 aliphatic carbocycles. The molecule has 0 unspecified atom stereocenters. The van der Waals surface area contributed by atoms with Crippen molar-refractivity contribution < 1.29 is 28.3 Å². The van der Waals surface area contributed by atoms with Gasteiger partial charge in [0.1, 0.15) is 17.4 Å². The van der Waals surface area contributed by atoms with Crippen LogP contribution >= 0.6 is 0 Å². The normalized spacial score (nSPS) is 13.8. The van der Waals surface area contributed by atoms with Gasteiger partial charge in [-0.15, -0.1) is 0 Å². The number of anilines is 1. The number of carbonyl (C=O) groups is 3. The standard InChI is InChI=1S/C24H17N3O6/c1-12-13(2)33-22(18(12)9-25)26-21(28)15-4-5-16-17(8-15)24(30)27(23(16)29)10-14-3-6-19-20(7-14)32-11-31-19/h3-8H,10-11H2,1-2H3,(H,26,28). The second-order valence-electron chi connectivity index (χ2n) is 7.70. The van der Waals surface area contributed by atoms with Gasteiger partial charge in [-0.1, -0.05) is 6.07 Å². The summed E-state index contributed by atoms with van der Waals surface area (Å²) in [5.74, 6) is 0.243. The number of nitrogens with zero attached hydrogens (tertiary/aromatic N) is 2. The summed E-state index contributed by atoms with van der Waals surface area (Å²) in [6, 6.07) is 11.5. The number of aryl methyl sites for hydroxylation is 1. The molecule has 33 heavy (non-hydrogen) atoms. The highest BCUT2D eigenvalue weighted by atomic mass is 16.7. The average molecular weight is 443 g/mol. The molecule has 2 aliphatic heterocycles. The lowest BCUT2D eigenvalue weighted by molar-refractivity contribution is 0.0642. The van der Waals surface area contributed by atoms with E-state index in [2.05, 4.69) is 5.32 Å². The van der Waals surface area contributed by atoms with E-state index in [1.54, 1.807) is 32.0 Å². The molecule has 9 nitrogen and oxygen atoms in total. The molecule has 0 fully saturated rings. The van der Waals surface area contributed by atoms with Crippen molar-refractivity contribution in [3.63, 3.8) is 0 Å². The van der Waals surface area contributed by atoms with Gasteiger partial charge in [-0.3, -0.25) is 24.6 Å². The minimum Gasteiger partial charge on any atom is -0.454 e. The molecule has 1 aromatic heterocycles. The van der Waals surface area contributed by atoms with Gasteiger partial charge in [-0.25, -0.2) is 0 Å². The smallest absolute Gasteiger partial charge is 0.261 e. The number of nitriles is 1. The summed E-state index contributed by atoms with van der Waals surface area (Å²) in [7, 11) is 0. The number of amides is 3. The molecule has 2 aromatic carbocycles. The van der Waals surface area contributed by atoms with E-state index < -0.39 is 17.7 Å². The van der Waals surface area contributed by atoms with Crippen molar-refractivity contribution in [2.75, 3.05) is 12.1 Å². The number of imide groups is 1. The van der Waals surface area contributed by atoms with Crippen molar-refractivity contribution >= 4 is 23.6 Å². The highest BCUT2D eigenvalue weighted by molar-refractivity contribution is 6.22. The molecular formula is C24H17N3O6. The van der Waals surface area contributed by atoms with E-state index in [0.29, 0.717) is 28.4 Å². The van der Waals surface area contributed by atoms with Gasteiger partial charge >= 0.3 is 0 Å². The Labute approximate surface area is 188 Å². The second kappa shape index (κ2) is 7.53. The molecule has 0 atom stereocenters. The first-order valence-corrected chi connectivity index (χ1v) is 10.1. The third kappa shape index (κ3) is 3.29. The summed E-state index contributed by atoms with van der Waals surface area (Å²) < 4.78 is 16.1. The first-order chi connectivity index (χ1) is 15.9. The predicted molar refractivity (Wildman–Crippen MR) is 114 cm³/mol. The van der Waals surface area contributed by atoms with Crippen molar-refractivity contribution in [3.8, 4) is 17.6 Å². The van der Waals surface area contributed by atoms with E-state index in [0.717, 1.165) is 4.90 Å². The van der Waals surface area contributed by atoms with Crippen molar-refractivity contribution in [3.05, 3.63) is 75.5 Å². The van der Waals surface area contributed by atoms with Crippen molar-refractivity contribution in [2.24, 2.45) is 0 Å². The van der Waals surface area contributed by atoms with Crippen LogP contribution in [0.15, 0.2) is 40.8 Å². The lowest BCUT2D eigenvalue weighted by atomic mass is 10.1. The zero-order valence-corrected chi connectivity index (χ0v) is 17.7. The van der Waals surface area contributed by atoms with Gasteiger partial charge in [0.15, 0.2) is 11.5 Å². The number of nitrogens with one attached hydrogen (secondary N) is 1. The number of hydrogen-bond donors (Lipinski definition) is 1. The minimum atomic E-state index is -0.558. The van der Waals surface area contributed by atoms with Gasteiger partial charge in [-0.2, -0.15) is 5.26 Å². The third-order valence-electron chi connectivity index (χ3n) is 5.73. The van der Waals surface area contributed by atoms with Gasteiger partial charge in [-0.05, 0) is 49.7 Å². The summed E-state index contributed by atoms with van der Waals surface area (Å²) >= 11 is 0. The van der Waals surface area contributed by atoms with Gasteiger partial charge in [0.05, 0.1) is 17.7 Å². The van der Waals surface area contributed by atoms with E-state index in [1.807, 2.05) is 6.07 Å². The molecule has 164 valence electrons. The minimum absolute atomic E-state index is 0.0461. The van der Waals surface area contributed by atoms with Crippen LogP contribution in [-0.4, -0.2) is 29.4 Å². The first kappa shape index (κ1) is 20.3. The van der Waals surface area contributed by atoms with Crippen LogP contribution in [0.25, 0.3) is 0 Å². The number of benzene rings is 2. The lowest BCUT2D eigenvalue weighted by Crippen LogP contribution is -2.29. The van der Waals surface area contributed by atoms with Crippen LogP contribution in [0.5, 0.6) is 11.5 Å². The molecule has 3 heterocycles. The maximum Gasteiger partial charge on any atom is 0.261 e. The average Bonchev–Trinajstić information content (AvgIpc) is 3.45. The SMILES string of the molecule is Cc1oc(NC(=O)c2ccc3c(c2)C(=O)N(Cc2ccc4c(c2)OCO4)C3=O)c(C#N)c1C. The molecule has 0 saturated carbocycles. The molecule has 9 heteroatoms. The molecule has 1 N–H and O–H groups in total. The number of furan rings is 1. The van der Waals surface area contributed by atoms with Gasteiger partial charge in [0, 0.05) is 11.1 Å². The number of rotatable bonds is 4. The first-order valence-electron chi connectivity index (χ1n) is 10.1. The van der Waals surface area contributed by atoms with Crippen LogP contribution in [0.3, 0.4) is 0 Å². The fraction of sp³-hybridized carbons (Fsp3) is 0.167. The van der Waals surface area contributed by atoms with E-state index >= 15 is 0 Å². The Morgan fingerprint density at radius 3 is 2.61 bits per heavy atom. The van der Waals surface area contributed by atoms with Gasteiger partial charge in [0.25, 0.3) is 17.7 Å². The zero-order chi connectivity index (χ0) is 23.3. The molecule has 0 spiro atoms. The summed E-state index contributed by atoms with van der Waals surface area (Å²) in [6.45, 7) is 3.60. The summed E-state index contributed by atoms with van der Waals surface area (Å²) in [6.07, 6.45) is 0. The fourth-order valence-electron chi connectivity index (χ4n) is 3.82. The molecule has 5 rings (SSSR count). The van der Waals surface area contributed by atoms with E-state index in [1.165, 1.54) is 18.2 Å². The molecule has 0 saturated heterocycles. The number of hydrogen-bond acceptors (Lipinski definition) is 7. The highest BCUT2D eigenvalue weighted by Crippen LogP contribution is 2.34. The Balaban J connectivity index is 1.38. The van der Waals surface area contributed by atoms with Crippen LogP contribution in [0.2, 0.25) is 0 Å². The zero-order valence-electron chi connectivity index (χ0n) is 17.7. The van der Waals surface area contributed by atoms with Gasteiger partial charge in [0.2, 0.25) is 12.7 Å². The molecule has 0 radical (unpaired) electrons. The Morgan fingerprint density at radius 1 is 1.06 bits per heavy atom. The van der Waals surface area contributed by atoms with Crippen LogP contribution < -0.4 is 14.8 Å². The van der Waals surface area contributed by atoms with Crippen molar-refractivity contribution in [2.45, 2.75) is 20.4 Å². The summed E-state index contributed by atoms with van der Waals surface area (Å²) in [5.41, 5.74) is 2.11. The number of fused-ring (bicyclic) bond motifs is 2. The van der Waals surface area contributed by atoms with Crippen LogP contribution in [0.4, 0.5) is 5.88 Å². The monoisotopic (exact) mass is 443 g/mol. The van der Waals surface area contributed by atoms with E-state index in [-0.39, 0.29) is 41.5 Å². The summed E-state index contributed by atoms with van der Waals surface area (Å²) in [5, 5.41) is 11.9. The Hall–Kier alpha value is -4.58. The molecule has 0 bridgehead atoms. The summed E-state index contributed by atoms with van der Waals surface area (Å²) in [4.78, 5) is 39.7. The second-order valence-corrected chi connectivity index (χ2v) is 7.70. The molecule has 3 amide bonds. The van der Waals surface area contributed by atoms with Crippen LogP contribution in [0, 0.1) is 25.2 Å². The van der Waals surface area contributed by atoms with E-state index in [4.69, 9.17) is 13.9 Å². The third-order valence-corrected chi connectivity index (χ3v) is 5.73. The molecule has 3 aromatic rings. The topological polar surface area (TPSA) is 122 Å². The van der Waals surface area contributed by atoms with Crippen LogP contribution in [-0.2, 0) is 6.54 Å². The van der Waals surface area contributed by atoms with Crippen LogP contribution in [0.1, 0.15) is 53.5 Å². The molecule has 2 aliphatic rings. The van der Waals surface area contributed by atoms with E-state index in [9.17, 15) is 19.6 Å². The predicted octanol–water partition coefficient (Wildman–Crippen LogP) is 3.55. The fourth-order valence-corrected chi connectivity index (χ4v) is 3.82. The Kier molecular flexibility index (Phi) is 4.64. The Bertz CT molecular complexity index is 1400. The number of ether oxygens (including phenoxy) is 2. The quantitative estimate of drug-likeness (QED) is 0.612. The molecular weight excluding hydrogens is 426 g/mol. The highest BCUT2D eigenvalue weighted by Gasteiger charge is 2.36. The maximum atomic E-state index is 13.0. The largest absolute Gasteiger partial charge is 0.454 e. The van der Waals surface area contributed by atoms with Gasteiger partial charge < -0.3 is 13.9 Å². The lowest BCUT2D eigenvalue weighted by Gasteiger charge is -2.14. The van der Waals surface area contributed by atoms with Crippen molar-refractivity contribution in [1.29, 1.82) is 5.26 Å². The Morgan fingerprint density at radius 2 is 1.82 bits per heavy atom. The number of carbonyl (C=O) groups excluding carboxylic acids is 3.